The van der Waals surface area contributed by atoms with Gasteiger partial charge >= 0.3 is 0 Å². The van der Waals surface area contributed by atoms with Gasteiger partial charge in [-0.2, -0.15) is 10.2 Å². The predicted octanol–water partition coefficient (Wildman–Crippen LogP) is 2.60. The number of nitrogens with zero attached hydrogens (tertiary/aromatic N) is 3. The summed E-state index contributed by atoms with van der Waals surface area (Å²) >= 11 is 0. The molecule has 0 saturated heterocycles. The summed E-state index contributed by atoms with van der Waals surface area (Å²) in [6.07, 6.45) is 2.59. The highest BCUT2D eigenvalue weighted by atomic mass is 19.1. The Labute approximate surface area is 177 Å². The third-order valence-electron chi connectivity index (χ3n) is 4.34. The summed E-state index contributed by atoms with van der Waals surface area (Å²) < 4.78 is 25.9. The number of methoxy groups -OCH3 is 1. The van der Waals surface area contributed by atoms with Crippen LogP contribution in [0.5, 0.6) is 11.6 Å². The Hall–Kier alpha value is -4.03. The molecule has 0 saturated carbocycles. The third-order valence-corrected chi connectivity index (χ3v) is 4.34. The van der Waals surface area contributed by atoms with Gasteiger partial charge in [-0.1, -0.05) is 18.2 Å². The second-order valence-electron chi connectivity index (χ2n) is 6.47. The van der Waals surface area contributed by atoms with E-state index in [0.717, 1.165) is 6.08 Å². The third kappa shape index (κ3) is 4.76. The Morgan fingerprint density at radius 1 is 1.32 bits per heavy atom. The van der Waals surface area contributed by atoms with E-state index in [9.17, 15) is 19.2 Å². The van der Waals surface area contributed by atoms with Crippen molar-refractivity contribution in [2.75, 3.05) is 20.3 Å². The lowest BCUT2D eigenvalue weighted by atomic mass is 10.1. The fourth-order valence-corrected chi connectivity index (χ4v) is 2.78. The standard InChI is InChI=1S/C22H19FN4O4/c1-14-6-5-10-27-19(14)26-21(31-18-8-4-3-7-17(18)23)16(22(27)29)12-15(13-24)20(28)25-9-11-30-2/h3-8,10,12H,9,11H2,1-2H3,(H,25,28). The Kier molecular flexibility index (Phi) is 6.74. The summed E-state index contributed by atoms with van der Waals surface area (Å²) in [5, 5.41) is 12.0. The summed E-state index contributed by atoms with van der Waals surface area (Å²) in [5.41, 5.74) is -0.0753. The van der Waals surface area contributed by atoms with E-state index in [0.29, 0.717) is 11.2 Å². The van der Waals surface area contributed by atoms with Crippen molar-refractivity contribution in [3.63, 3.8) is 0 Å². The van der Waals surface area contributed by atoms with E-state index in [1.807, 2.05) is 0 Å². The zero-order chi connectivity index (χ0) is 22.4. The SMILES string of the molecule is COCCNC(=O)C(C#N)=Cc1c(Oc2ccccc2F)nc2c(C)cccn2c1=O. The highest BCUT2D eigenvalue weighted by Crippen LogP contribution is 2.26. The molecule has 0 aliphatic heterocycles. The van der Waals surface area contributed by atoms with Crippen LogP contribution in [0.2, 0.25) is 0 Å². The molecule has 0 radical (unpaired) electrons. The molecule has 0 unspecified atom stereocenters. The lowest BCUT2D eigenvalue weighted by Gasteiger charge is -2.12. The van der Waals surface area contributed by atoms with Crippen LogP contribution in [-0.2, 0) is 9.53 Å². The highest BCUT2D eigenvalue weighted by Gasteiger charge is 2.18. The second-order valence-corrected chi connectivity index (χ2v) is 6.47. The molecule has 8 nitrogen and oxygen atoms in total. The van der Waals surface area contributed by atoms with Crippen molar-refractivity contribution >= 4 is 17.6 Å². The molecule has 0 bridgehead atoms. The number of benzene rings is 1. The molecule has 0 spiro atoms. The molecular weight excluding hydrogens is 403 g/mol. The number of carbonyl (C=O) groups is 1. The number of carbonyl (C=O) groups excluding carboxylic acids is 1. The van der Waals surface area contributed by atoms with Crippen LogP contribution in [-0.4, -0.2) is 35.6 Å². The first-order valence-electron chi connectivity index (χ1n) is 9.29. The van der Waals surface area contributed by atoms with Crippen LogP contribution in [0, 0.1) is 24.1 Å². The molecule has 0 aliphatic rings. The zero-order valence-electron chi connectivity index (χ0n) is 16.9. The first-order chi connectivity index (χ1) is 15.0. The first-order valence-corrected chi connectivity index (χ1v) is 9.29. The van der Waals surface area contributed by atoms with E-state index in [4.69, 9.17) is 9.47 Å². The number of nitrogens with one attached hydrogen (secondary N) is 1. The molecule has 158 valence electrons. The smallest absolute Gasteiger partial charge is 0.269 e. The van der Waals surface area contributed by atoms with Gasteiger partial charge in [0.2, 0.25) is 5.88 Å². The predicted molar refractivity (Wildman–Crippen MR) is 111 cm³/mol. The number of pyridine rings is 1. The van der Waals surface area contributed by atoms with Crippen LogP contribution in [0.15, 0.2) is 53.0 Å². The largest absolute Gasteiger partial charge is 0.435 e. The number of aromatic nitrogens is 2. The molecule has 2 heterocycles. The van der Waals surface area contributed by atoms with Gasteiger partial charge in [0, 0.05) is 19.9 Å². The summed E-state index contributed by atoms with van der Waals surface area (Å²) in [5.74, 6) is -1.71. The summed E-state index contributed by atoms with van der Waals surface area (Å²) in [6.45, 7) is 2.20. The molecule has 9 heteroatoms. The van der Waals surface area contributed by atoms with E-state index in [1.54, 1.807) is 31.2 Å². The van der Waals surface area contributed by atoms with Gasteiger partial charge < -0.3 is 14.8 Å². The van der Waals surface area contributed by atoms with Crippen LogP contribution < -0.4 is 15.6 Å². The average molecular weight is 422 g/mol. The number of para-hydroxylation sites is 1. The summed E-state index contributed by atoms with van der Waals surface area (Å²) in [7, 11) is 1.48. The molecule has 0 atom stereocenters. The van der Waals surface area contributed by atoms with Crippen molar-refractivity contribution < 1.29 is 18.7 Å². The number of hydrogen-bond donors (Lipinski definition) is 1. The fourth-order valence-electron chi connectivity index (χ4n) is 2.78. The van der Waals surface area contributed by atoms with Crippen LogP contribution in [0.4, 0.5) is 4.39 Å². The number of rotatable bonds is 7. The van der Waals surface area contributed by atoms with Crippen molar-refractivity contribution in [3.05, 3.63) is 75.5 Å². The second kappa shape index (κ2) is 9.65. The van der Waals surface area contributed by atoms with Gasteiger partial charge in [-0.05, 0) is 36.8 Å². The van der Waals surface area contributed by atoms with E-state index < -0.39 is 17.3 Å². The van der Waals surface area contributed by atoms with Crippen LogP contribution >= 0.6 is 0 Å². The molecule has 1 aromatic carbocycles. The average Bonchev–Trinajstić information content (AvgIpc) is 2.76. The first kappa shape index (κ1) is 21.7. The van der Waals surface area contributed by atoms with Crippen LogP contribution in [0.1, 0.15) is 11.1 Å². The van der Waals surface area contributed by atoms with Gasteiger partial charge in [-0.15, -0.1) is 0 Å². The Balaban J connectivity index is 2.17. The quantitative estimate of drug-likeness (QED) is 0.356. The van der Waals surface area contributed by atoms with E-state index >= 15 is 0 Å². The van der Waals surface area contributed by atoms with Crippen molar-refractivity contribution in [1.29, 1.82) is 5.26 Å². The molecule has 0 fully saturated rings. The molecule has 3 rings (SSSR count). The van der Waals surface area contributed by atoms with Crippen molar-refractivity contribution in [2.24, 2.45) is 0 Å². The van der Waals surface area contributed by atoms with E-state index in [-0.39, 0.29) is 35.9 Å². The van der Waals surface area contributed by atoms with Crippen molar-refractivity contribution in [1.82, 2.24) is 14.7 Å². The minimum Gasteiger partial charge on any atom is -0.435 e. The minimum atomic E-state index is -0.690. The van der Waals surface area contributed by atoms with Crippen molar-refractivity contribution in [2.45, 2.75) is 6.92 Å². The number of ether oxygens (including phenoxy) is 2. The van der Waals surface area contributed by atoms with Gasteiger partial charge in [-0.3, -0.25) is 14.0 Å². The summed E-state index contributed by atoms with van der Waals surface area (Å²) in [4.78, 5) is 29.8. The van der Waals surface area contributed by atoms with Gasteiger partial charge in [0.05, 0.1) is 6.61 Å². The van der Waals surface area contributed by atoms with Gasteiger partial charge in [-0.25, -0.2) is 4.39 Å². The van der Waals surface area contributed by atoms with Gasteiger partial charge in [0.15, 0.2) is 11.6 Å². The van der Waals surface area contributed by atoms with Crippen LogP contribution in [0.25, 0.3) is 11.7 Å². The number of aryl methyl sites for hydroxylation is 1. The minimum absolute atomic E-state index is 0.148. The molecule has 31 heavy (non-hydrogen) atoms. The summed E-state index contributed by atoms with van der Waals surface area (Å²) in [6, 6.07) is 10.8. The van der Waals surface area contributed by atoms with Gasteiger partial charge in [0.25, 0.3) is 11.5 Å². The van der Waals surface area contributed by atoms with E-state index in [1.165, 1.54) is 35.9 Å². The molecular formula is C22H19FN4O4. The molecule has 1 amide bonds. The number of hydrogen-bond acceptors (Lipinski definition) is 6. The van der Waals surface area contributed by atoms with E-state index in [2.05, 4.69) is 10.3 Å². The topological polar surface area (TPSA) is 106 Å². The Bertz CT molecular complexity index is 1260. The van der Waals surface area contributed by atoms with Crippen LogP contribution in [0.3, 0.4) is 0 Å². The maximum Gasteiger partial charge on any atom is 0.269 e. The highest BCUT2D eigenvalue weighted by molar-refractivity contribution is 6.01. The normalized spacial score (nSPS) is 11.2. The number of amides is 1. The van der Waals surface area contributed by atoms with Gasteiger partial charge in [0.1, 0.15) is 22.9 Å². The molecule has 2 aromatic heterocycles. The zero-order valence-corrected chi connectivity index (χ0v) is 16.9. The lowest BCUT2D eigenvalue weighted by molar-refractivity contribution is -0.117. The number of halogens is 1. The van der Waals surface area contributed by atoms with Crippen molar-refractivity contribution in [3.8, 4) is 17.7 Å². The Morgan fingerprint density at radius 3 is 2.81 bits per heavy atom. The Morgan fingerprint density at radius 2 is 2.10 bits per heavy atom. The number of nitriles is 1. The maximum absolute atomic E-state index is 14.2. The molecule has 0 aliphatic carbocycles. The maximum atomic E-state index is 14.2. The molecule has 3 aromatic rings. The molecule has 1 N–H and O–H groups in total. The fraction of sp³-hybridized carbons (Fsp3) is 0.182. The monoisotopic (exact) mass is 422 g/mol. The number of fused-ring (bicyclic) bond motifs is 1. The lowest BCUT2D eigenvalue weighted by Crippen LogP contribution is -2.28.